The van der Waals surface area contributed by atoms with E-state index in [0.29, 0.717) is 0 Å². The predicted molar refractivity (Wildman–Crippen MR) is 140 cm³/mol. The Kier molecular flexibility index (Phi) is 19.2. The average Bonchev–Trinajstić information content (AvgIpc) is 2.71. The van der Waals surface area contributed by atoms with E-state index >= 15 is 0 Å². The summed E-state index contributed by atoms with van der Waals surface area (Å²) in [6, 6.07) is 0. The van der Waals surface area contributed by atoms with Crippen LogP contribution in [0.25, 0.3) is 0 Å². The number of halogens is 1. The SMILES string of the molecule is CCCCCCCCCCNCCCP(Br)(CCCC)(CCCC)CCCC. The van der Waals surface area contributed by atoms with Crippen molar-refractivity contribution in [2.24, 2.45) is 0 Å². The van der Waals surface area contributed by atoms with E-state index in [9.17, 15) is 0 Å². The summed E-state index contributed by atoms with van der Waals surface area (Å²) >= 11 is 4.53. The van der Waals surface area contributed by atoms with Crippen LogP contribution < -0.4 is 5.32 Å². The summed E-state index contributed by atoms with van der Waals surface area (Å²) in [6.45, 7) is 11.8. The van der Waals surface area contributed by atoms with Crippen LogP contribution in [0.1, 0.15) is 124 Å². The van der Waals surface area contributed by atoms with Gasteiger partial charge in [-0.15, -0.1) is 0 Å². The second-order valence-corrected chi connectivity index (χ2v) is 20.8. The molecule has 0 spiro atoms. The van der Waals surface area contributed by atoms with Gasteiger partial charge in [-0.2, -0.15) is 0 Å². The van der Waals surface area contributed by atoms with Crippen molar-refractivity contribution >= 4 is 20.8 Å². The summed E-state index contributed by atoms with van der Waals surface area (Å²) < 4.78 is 0. The molecular formula is C25H55BrNP. The van der Waals surface area contributed by atoms with Crippen LogP contribution in [-0.4, -0.2) is 37.7 Å². The molecule has 0 aliphatic carbocycles. The summed E-state index contributed by atoms with van der Waals surface area (Å²) in [7, 11) is 0. The first-order valence-corrected chi connectivity index (χ1v) is 18.0. The molecule has 0 aromatic rings. The third-order valence-electron chi connectivity index (χ3n) is 6.49. The van der Waals surface area contributed by atoms with Crippen LogP contribution in [0.2, 0.25) is 0 Å². The number of nitrogens with one attached hydrogen (secondary N) is 1. The van der Waals surface area contributed by atoms with Crippen molar-refractivity contribution in [3.05, 3.63) is 0 Å². The molecule has 0 aliphatic rings. The normalized spacial score (nSPS) is 13.5. The van der Waals surface area contributed by atoms with Crippen molar-refractivity contribution in [3.8, 4) is 0 Å². The maximum absolute atomic E-state index is 4.53. The molecule has 1 N–H and O–H groups in total. The van der Waals surface area contributed by atoms with E-state index in [1.54, 1.807) is 0 Å². The fourth-order valence-corrected chi connectivity index (χ4v) is 13.1. The van der Waals surface area contributed by atoms with E-state index in [1.807, 2.05) is 0 Å². The van der Waals surface area contributed by atoms with E-state index in [-0.39, 0.29) is 0 Å². The van der Waals surface area contributed by atoms with Crippen LogP contribution in [0.5, 0.6) is 0 Å². The topological polar surface area (TPSA) is 12.0 Å². The standard InChI is InChI=1S/C25H55BrNP/c1-5-9-13-14-15-16-17-18-20-27-21-19-25-28(26,22-10-6-2,23-11-7-3)24-12-8-4/h27H,5-25H2,1-4H3. The molecule has 0 heterocycles. The Morgan fingerprint density at radius 1 is 0.464 bits per heavy atom. The van der Waals surface area contributed by atoms with Crippen molar-refractivity contribution in [3.63, 3.8) is 0 Å². The first kappa shape index (κ1) is 28.9. The van der Waals surface area contributed by atoms with Crippen LogP contribution in [0.15, 0.2) is 0 Å². The molecule has 3 heteroatoms. The molecule has 0 radical (unpaired) electrons. The van der Waals surface area contributed by atoms with Crippen LogP contribution >= 0.6 is 20.8 Å². The molecule has 28 heavy (non-hydrogen) atoms. The Balaban J connectivity index is 4.12. The number of rotatable bonds is 22. The van der Waals surface area contributed by atoms with E-state index in [1.165, 1.54) is 134 Å². The number of hydrogen-bond acceptors (Lipinski definition) is 1. The molecule has 0 rings (SSSR count). The Hall–Kier alpha value is 0.870. The molecule has 0 unspecified atom stereocenters. The van der Waals surface area contributed by atoms with Gasteiger partial charge >= 0.3 is 175 Å². The summed E-state index contributed by atoms with van der Waals surface area (Å²) in [4.78, 5) is 0. The minimum absolute atomic E-state index is 1.23. The summed E-state index contributed by atoms with van der Waals surface area (Å²) in [5.41, 5.74) is 0. The van der Waals surface area contributed by atoms with Crippen molar-refractivity contribution in [1.29, 1.82) is 0 Å². The fraction of sp³-hybridized carbons (Fsp3) is 1.00. The summed E-state index contributed by atoms with van der Waals surface area (Å²) in [5.74, 6) is 0. The molecule has 0 amide bonds. The molecule has 0 saturated carbocycles. The van der Waals surface area contributed by atoms with Crippen molar-refractivity contribution in [2.45, 2.75) is 124 Å². The zero-order chi connectivity index (χ0) is 21.0. The molecule has 0 saturated heterocycles. The van der Waals surface area contributed by atoms with E-state index in [4.69, 9.17) is 0 Å². The average molecular weight is 481 g/mol. The Morgan fingerprint density at radius 2 is 0.821 bits per heavy atom. The fourth-order valence-electron chi connectivity index (χ4n) is 4.44. The van der Waals surface area contributed by atoms with Gasteiger partial charge in [0, 0.05) is 0 Å². The molecule has 0 aliphatic heterocycles. The van der Waals surface area contributed by atoms with Crippen LogP contribution in [0.3, 0.4) is 0 Å². The molecule has 0 bridgehead atoms. The third-order valence-corrected chi connectivity index (χ3v) is 16.5. The van der Waals surface area contributed by atoms with Gasteiger partial charge in [-0.05, 0) is 0 Å². The molecule has 1 nitrogen and oxygen atoms in total. The summed E-state index contributed by atoms with van der Waals surface area (Å²) in [5, 5.41) is 2.08. The molecule has 0 fully saturated rings. The summed E-state index contributed by atoms with van der Waals surface area (Å²) in [6.07, 6.45) is 26.9. The van der Waals surface area contributed by atoms with Gasteiger partial charge < -0.3 is 0 Å². The second-order valence-electron chi connectivity index (χ2n) is 9.35. The van der Waals surface area contributed by atoms with Gasteiger partial charge in [-0.1, -0.05) is 13.3 Å². The minimum atomic E-state index is -1.67. The predicted octanol–water partition coefficient (Wildman–Crippen LogP) is 9.37. The molecule has 0 aromatic carbocycles. The van der Waals surface area contributed by atoms with Crippen LogP contribution in [0.4, 0.5) is 0 Å². The van der Waals surface area contributed by atoms with Crippen molar-refractivity contribution in [1.82, 2.24) is 5.32 Å². The van der Waals surface area contributed by atoms with Gasteiger partial charge in [0.25, 0.3) is 0 Å². The third kappa shape index (κ3) is 14.8. The first-order chi connectivity index (χ1) is 13.5. The van der Waals surface area contributed by atoms with Crippen LogP contribution in [0, 0.1) is 0 Å². The van der Waals surface area contributed by atoms with Gasteiger partial charge in [0.2, 0.25) is 0 Å². The zero-order valence-electron chi connectivity index (χ0n) is 20.2. The maximum atomic E-state index is 4.53. The monoisotopic (exact) mass is 479 g/mol. The second kappa shape index (κ2) is 18.6. The molecule has 172 valence electrons. The Morgan fingerprint density at radius 3 is 1.29 bits per heavy atom. The van der Waals surface area contributed by atoms with E-state index < -0.39 is 5.31 Å². The van der Waals surface area contributed by atoms with Gasteiger partial charge in [-0.3, -0.25) is 0 Å². The first-order valence-electron chi connectivity index (χ1n) is 13.0. The Labute approximate surface area is 187 Å². The van der Waals surface area contributed by atoms with Crippen LogP contribution in [-0.2, 0) is 0 Å². The molecule has 0 aromatic heterocycles. The van der Waals surface area contributed by atoms with E-state index in [0.717, 1.165) is 0 Å². The van der Waals surface area contributed by atoms with Gasteiger partial charge in [0.1, 0.15) is 0 Å². The van der Waals surface area contributed by atoms with Gasteiger partial charge in [-0.25, -0.2) is 0 Å². The molecule has 0 atom stereocenters. The van der Waals surface area contributed by atoms with Gasteiger partial charge in [0.15, 0.2) is 0 Å². The van der Waals surface area contributed by atoms with Crippen molar-refractivity contribution < 1.29 is 0 Å². The zero-order valence-corrected chi connectivity index (χ0v) is 22.7. The van der Waals surface area contributed by atoms with Crippen molar-refractivity contribution in [2.75, 3.05) is 37.7 Å². The van der Waals surface area contributed by atoms with Gasteiger partial charge in [0.05, 0.1) is 0 Å². The van der Waals surface area contributed by atoms with E-state index in [2.05, 4.69) is 48.5 Å². The number of hydrogen-bond donors (Lipinski definition) is 1. The Bertz CT molecular complexity index is 310. The number of unbranched alkanes of at least 4 members (excludes halogenated alkanes) is 10. The molecular weight excluding hydrogens is 425 g/mol. The quantitative estimate of drug-likeness (QED) is 0.120.